The molecule has 1 N–H and O–H groups in total. The van der Waals surface area contributed by atoms with Crippen LogP contribution in [-0.2, 0) is 6.42 Å². The van der Waals surface area contributed by atoms with Crippen LogP contribution in [0.25, 0.3) is 0 Å². The first-order chi connectivity index (χ1) is 8.11. The lowest BCUT2D eigenvalue weighted by atomic mass is 10.1. The van der Waals surface area contributed by atoms with E-state index in [-0.39, 0.29) is 0 Å². The molecule has 3 heteroatoms. The van der Waals surface area contributed by atoms with Gasteiger partial charge in [0.2, 0.25) is 0 Å². The summed E-state index contributed by atoms with van der Waals surface area (Å²) in [6.45, 7) is 7.73. The first kappa shape index (κ1) is 15.1. The Bertz CT molecular complexity index is 328. The summed E-state index contributed by atoms with van der Waals surface area (Å²) >= 11 is 5.56. The van der Waals surface area contributed by atoms with Gasteiger partial charge < -0.3 is 5.32 Å². The highest BCUT2D eigenvalue weighted by Crippen LogP contribution is 2.16. The third-order valence-corrected chi connectivity index (χ3v) is 4.25. The van der Waals surface area contributed by atoms with Crippen molar-refractivity contribution in [2.75, 3.05) is 12.3 Å². The largest absolute Gasteiger partial charge is 0.313 e. The molecular formula is C14H22BrNS. The Kier molecular flexibility index (Phi) is 7.24. The van der Waals surface area contributed by atoms with E-state index in [1.165, 1.54) is 15.8 Å². The molecule has 0 radical (unpaired) electrons. The molecule has 96 valence electrons. The van der Waals surface area contributed by atoms with Gasteiger partial charge in [-0.2, -0.15) is 11.8 Å². The molecule has 0 saturated carbocycles. The Hall–Kier alpha value is 0.01000. The van der Waals surface area contributed by atoms with Gasteiger partial charge in [-0.15, -0.1) is 0 Å². The van der Waals surface area contributed by atoms with Crippen LogP contribution in [0.3, 0.4) is 0 Å². The number of hydrogen-bond donors (Lipinski definition) is 1. The zero-order valence-corrected chi connectivity index (χ0v) is 13.3. The van der Waals surface area contributed by atoms with Crippen LogP contribution in [0.4, 0.5) is 0 Å². The Balaban J connectivity index is 2.53. The molecule has 0 bridgehead atoms. The number of benzene rings is 1. The van der Waals surface area contributed by atoms with E-state index < -0.39 is 0 Å². The van der Waals surface area contributed by atoms with E-state index in [1.807, 2.05) is 11.8 Å². The number of rotatable bonds is 7. The number of halogens is 1. The highest BCUT2D eigenvalue weighted by atomic mass is 79.9. The van der Waals surface area contributed by atoms with E-state index >= 15 is 0 Å². The second-order valence-electron chi connectivity index (χ2n) is 4.47. The minimum absolute atomic E-state index is 0.571. The van der Waals surface area contributed by atoms with Gasteiger partial charge in [0.1, 0.15) is 0 Å². The Labute approximate surface area is 118 Å². The first-order valence-electron chi connectivity index (χ1n) is 6.21. The quantitative estimate of drug-likeness (QED) is 0.812. The minimum atomic E-state index is 0.571. The number of nitrogens with one attached hydrogen (secondary N) is 1. The molecule has 17 heavy (non-hydrogen) atoms. The normalized spacial score (nSPS) is 13.0. The number of thioether (sulfide) groups is 1. The van der Waals surface area contributed by atoms with E-state index in [0.29, 0.717) is 11.3 Å². The van der Waals surface area contributed by atoms with E-state index in [1.54, 1.807) is 0 Å². The van der Waals surface area contributed by atoms with Crippen molar-refractivity contribution in [3.8, 4) is 0 Å². The van der Waals surface area contributed by atoms with Crippen LogP contribution >= 0.6 is 27.7 Å². The van der Waals surface area contributed by atoms with Crippen molar-refractivity contribution in [3.05, 3.63) is 34.3 Å². The summed E-state index contributed by atoms with van der Waals surface area (Å²) in [5.74, 6) is 1.18. The molecule has 0 aliphatic rings. The summed E-state index contributed by atoms with van der Waals surface area (Å²) in [6, 6.07) is 9.17. The molecule has 0 amide bonds. The standard InChI is InChI=1S/C14H22BrNS/c1-4-16-14(10-17-11(2)3)9-12-6-5-7-13(15)8-12/h5-8,11,14,16H,4,9-10H2,1-3H3. The third kappa shape index (κ3) is 6.49. The Morgan fingerprint density at radius 2 is 2.12 bits per heavy atom. The highest BCUT2D eigenvalue weighted by Gasteiger charge is 2.09. The van der Waals surface area contributed by atoms with Crippen LogP contribution in [0.5, 0.6) is 0 Å². The molecular weight excluding hydrogens is 294 g/mol. The Morgan fingerprint density at radius 3 is 2.71 bits per heavy atom. The van der Waals surface area contributed by atoms with Crippen LogP contribution in [0.1, 0.15) is 26.3 Å². The molecule has 0 aliphatic carbocycles. The minimum Gasteiger partial charge on any atom is -0.313 e. The van der Waals surface area contributed by atoms with Gasteiger partial charge in [0.25, 0.3) is 0 Å². The van der Waals surface area contributed by atoms with Crippen molar-refractivity contribution in [2.24, 2.45) is 0 Å². The summed E-state index contributed by atoms with van der Waals surface area (Å²) in [5.41, 5.74) is 1.40. The van der Waals surface area contributed by atoms with Crippen molar-refractivity contribution >= 4 is 27.7 Å². The lowest BCUT2D eigenvalue weighted by Gasteiger charge is -2.19. The van der Waals surface area contributed by atoms with Crippen molar-refractivity contribution in [1.29, 1.82) is 0 Å². The van der Waals surface area contributed by atoms with Gasteiger partial charge in [-0.25, -0.2) is 0 Å². The maximum Gasteiger partial charge on any atom is 0.0198 e. The van der Waals surface area contributed by atoms with E-state index in [9.17, 15) is 0 Å². The fraction of sp³-hybridized carbons (Fsp3) is 0.571. The second kappa shape index (κ2) is 8.17. The summed E-state index contributed by atoms with van der Waals surface area (Å²) in [4.78, 5) is 0. The van der Waals surface area contributed by atoms with Gasteiger partial charge in [-0.05, 0) is 35.9 Å². The van der Waals surface area contributed by atoms with Gasteiger partial charge in [0, 0.05) is 16.3 Å². The fourth-order valence-electron chi connectivity index (χ4n) is 1.74. The predicted molar refractivity (Wildman–Crippen MR) is 82.9 cm³/mol. The molecule has 1 rings (SSSR count). The first-order valence-corrected chi connectivity index (χ1v) is 8.05. The zero-order chi connectivity index (χ0) is 12.7. The summed E-state index contributed by atoms with van der Waals surface area (Å²) in [5, 5.41) is 4.28. The van der Waals surface area contributed by atoms with Gasteiger partial charge in [0.15, 0.2) is 0 Å². The maximum atomic E-state index is 3.57. The molecule has 1 atom stereocenters. The predicted octanol–water partition coefficient (Wildman–Crippen LogP) is 4.11. The van der Waals surface area contributed by atoms with Gasteiger partial charge in [-0.3, -0.25) is 0 Å². The van der Waals surface area contributed by atoms with Gasteiger partial charge in [0.05, 0.1) is 0 Å². The third-order valence-electron chi connectivity index (χ3n) is 2.49. The number of hydrogen-bond acceptors (Lipinski definition) is 2. The molecule has 0 aliphatic heterocycles. The van der Waals surface area contributed by atoms with Crippen LogP contribution in [0.2, 0.25) is 0 Å². The van der Waals surface area contributed by atoms with Crippen LogP contribution in [0, 0.1) is 0 Å². The van der Waals surface area contributed by atoms with Gasteiger partial charge >= 0.3 is 0 Å². The summed E-state index contributed by atoms with van der Waals surface area (Å²) in [7, 11) is 0. The molecule has 0 aromatic heterocycles. The molecule has 0 fully saturated rings. The van der Waals surface area contributed by atoms with Gasteiger partial charge in [-0.1, -0.05) is 48.8 Å². The average molecular weight is 316 g/mol. The molecule has 1 unspecified atom stereocenters. The van der Waals surface area contributed by atoms with Crippen LogP contribution in [-0.4, -0.2) is 23.6 Å². The lowest BCUT2D eigenvalue weighted by Crippen LogP contribution is -2.33. The smallest absolute Gasteiger partial charge is 0.0198 e. The maximum absolute atomic E-state index is 3.57. The van der Waals surface area contributed by atoms with Crippen LogP contribution in [0.15, 0.2) is 28.7 Å². The SMILES string of the molecule is CCNC(CSC(C)C)Cc1cccc(Br)c1. The zero-order valence-electron chi connectivity index (χ0n) is 10.9. The monoisotopic (exact) mass is 315 g/mol. The van der Waals surface area contributed by atoms with Crippen molar-refractivity contribution < 1.29 is 0 Å². The average Bonchev–Trinajstić information content (AvgIpc) is 2.26. The van der Waals surface area contributed by atoms with E-state index in [0.717, 1.165) is 13.0 Å². The van der Waals surface area contributed by atoms with E-state index in [4.69, 9.17) is 0 Å². The fourth-order valence-corrected chi connectivity index (χ4v) is 3.04. The molecule has 0 saturated heterocycles. The summed E-state index contributed by atoms with van der Waals surface area (Å²) in [6.07, 6.45) is 1.10. The molecule has 0 spiro atoms. The van der Waals surface area contributed by atoms with Crippen molar-refractivity contribution in [2.45, 2.75) is 38.5 Å². The van der Waals surface area contributed by atoms with E-state index in [2.05, 4.69) is 66.3 Å². The molecule has 0 heterocycles. The Morgan fingerprint density at radius 1 is 1.35 bits per heavy atom. The lowest BCUT2D eigenvalue weighted by molar-refractivity contribution is 0.572. The topological polar surface area (TPSA) is 12.0 Å². The second-order valence-corrected chi connectivity index (χ2v) is 7.00. The van der Waals surface area contributed by atoms with Crippen LogP contribution < -0.4 is 5.32 Å². The molecule has 1 nitrogen and oxygen atoms in total. The summed E-state index contributed by atoms with van der Waals surface area (Å²) < 4.78 is 1.17. The van der Waals surface area contributed by atoms with Crippen molar-refractivity contribution in [3.63, 3.8) is 0 Å². The van der Waals surface area contributed by atoms with Crippen molar-refractivity contribution in [1.82, 2.24) is 5.32 Å². The number of likely N-dealkylation sites (N-methyl/N-ethyl adjacent to an activating group) is 1. The highest BCUT2D eigenvalue weighted by molar-refractivity contribution is 9.10. The molecule has 1 aromatic carbocycles. The molecule has 1 aromatic rings.